The van der Waals surface area contributed by atoms with Crippen LogP contribution in [0.4, 0.5) is 0 Å². The maximum absolute atomic E-state index is 11.9. The molecule has 1 amide bonds. The lowest BCUT2D eigenvalue weighted by molar-refractivity contribution is -0.150. The predicted molar refractivity (Wildman–Crippen MR) is 91.9 cm³/mol. The Morgan fingerprint density at radius 1 is 1.17 bits per heavy atom. The van der Waals surface area contributed by atoms with Crippen molar-refractivity contribution in [2.45, 2.75) is 52.5 Å². The van der Waals surface area contributed by atoms with Gasteiger partial charge in [-0.3, -0.25) is 4.79 Å². The zero-order chi connectivity index (χ0) is 17.5. The van der Waals surface area contributed by atoms with Crippen LogP contribution in [0.3, 0.4) is 0 Å². The Hall–Kier alpha value is -2.04. The summed E-state index contributed by atoms with van der Waals surface area (Å²) in [7, 11) is 0. The normalized spacial score (nSPS) is 20.3. The number of hydrogen-bond donors (Lipinski definition) is 1. The average molecular weight is 333 g/mol. The van der Waals surface area contributed by atoms with E-state index in [0.717, 1.165) is 30.4 Å². The van der Waals surface area contributed by atoms with Crippen LogP contribution in [0.5, 0.6) is 5.75 Å². The van der Waals surface area contributed by atoms with Crippen LogP contribution in [0.15, 0.2) is 18.2 Å². The number of amides is 1. The van der Waals surface area contributed by atoms with Gasteiger partial charge in [0.2, 0.25) is 0 Å². The third-order valence-corrected chi connectivity index (χ3v) is 4.51. The van der Waals surface area contributed by atoms with Gasteiger partial charge in [0, 0.05) is 6.04 Å². The molecule has 1 saturated carbocycles. The number of nitrogens with one attached hydrogen (secondary N) is 1. The first kappa shape index (κ1) is 18.3. The zero-order valence-electron chi connectivity index (χ0n) is 14.8. The topological polar surface area (TPSA) is 64.6 Å². The average Bonchev–Trinajstić information content (AvgIpc) is 2.56. The molecule has 5 heteroatoms. The molecule has 24 heavy (non-hydrogen) atoms. The van der Waals surface area contributed by atoms with E-state index in [1.54, 1.807) is 0 Å². The summed E-state index contributed by atoms with van der Waals surface area (Å²) in [5.41, 5.74) is 2.02. The monoisotopic (exact) mass is 333 g/mol. The quantitative estimate of drug-likeness (QED) is 0.813. The molecule has 0 aliphatic heterocycles. The molecule has 1 aromatic rings. The van der Waals surface area contributed by atoms with E-state index in [0.29, 0.717) is 11.7 Å². The van der Waals surface area contributed by atoms with E-state index in [9.17, 15) is 9.59 Å². The summed E-state index contributed by atoms with van der Waals surface area (Å²) in [6.07, 6.45) is 4.49. The lowest BCUT2D eigenvalue weighted by atomic mass is 9.86. The number of carbonyl (C=O) groups is 2. The number of esters is 1. The molecular formula is C19H27NO4. The molecule has 1 aromatic carbocycles. The van der Waals surface area contributed by atoms with E-state index in [1.165, 1.54) is 6.42 Å². The number of rotatable bonds is 6. The van der Waals surface area contributed by atoms with Crippen molar-refractivity contribution in [1.29, 1.82) is 0 Å². The summed E-state index contributed by atoms with van der Waals surface area (Å²) in [6.45, 7) is 5.57. The van der Waals surface area contributed by atoms with Crippen molar-refractivity contribution in [2.24, 2.45) is 5.92 Å². The first-order chi connectivity index (χ1) is 11.5. The minimum Gasteiger partial charge on any atom is -0.482 e. The molecule has 5 nitrogen and oxygen atoms in total. The maximum atomic E-state index is 11.9. The molecule has 1 fully saturated rings. The van der Waals surface area contributed by atoms with E-state index in [2.05, 4.69) is 12.2 Å². The third-order valence-electron chi connectivity index (χ3n) is 4.51. The molecule has 0 spiro atoms. The van der Waals surface area contributed by atoms with Crippen LogP contribution in [0.2, 0.25) is 0 Å². The first-order valence-electron chi connectivity index (χ1n) is 8.60. The second kappa shape index (κ2) is 8.71. The van der Waals surface area contributed by atoms with Crippen molar-refractivity contribution in [3.05, 3.63) is 29.3 Å². The summed E-state index contributed by atoms with van der Waals surface area (Å²) >= 11 is 0. The second-order valence-electron chi connectivity index (χ2n) is 6.65. The summed E-state index contributed by atoms with van der Waals surface area (Å²) in [5, 5.41) is 2.96. The van der Waals surface area contributed by atoms with Crippen LogP contribution in [0.25, 0.3) is 0 Å². The van der Waals surface area contributed by atoms with Gasteiger partial charge in [0.1, 0.15) is 5.75 Å². The van der Waals surface area contributed by atoms with Crippen LogP contribution >= 0.6 is 0 Å². The summed E-state index contributed by atoms with van der Waals surface area (Å²) in [4.78, 5) is 23.7. The highest BCUT2D eigenvalue weighted by Crippen LogP contribution is 2.23. The molecule has 0 radical (unpaired) electrons. The van der Waals surface area contributed by atoms with Crippen LogP contribution in [0.1, 0.15) is 43.7 Å². The molecular weight excluding hydrogens is 306 g/mol. The van der Waals surface area contributed by atoms with Gasteiger partial charge >= 0.3 is 5.97 Å². The molecule has 2 atom stereocenters. The van der Waals surface area contributed by atoms with Crippen molar-refractivity contribution < 1.29 is 19.1 Å². The minimum absolute atomic E-state index is 0.191. The van der Waals surface area contributed by atoms with Gasteiger partial charge in [-0.2, -0.15) is 0 Å². The van der Waals surface area contributed by atoms with E-state index >= 15 is 0 Å². The van der Waals surface area contributed by atoms with Gasteiger partial charge in [-0.05, 0) is 49.8 Å². The van der Waals surface area contributed by atoms with Crippen molar-refractivity contribution in [3.8, 4) is 5.75 Å². The fourth-order valence-corrected chi connectivity index (χ4v) is 2.97. The molecule has 0 heterocycles. The van der Waals surface area contributed by atoms with Gasteiger partial charge in [0.05, 0.1) is 0 Å². The van der Waals surface area contributed by atoms with E-state index in [4.69, 9.17) is 9.47 Å². The van der Waals surface area contributed by atoms with E-state index < -0.39 is 5.97 Å². The van der Waals surface area contributed by atoms with Crippen LogP contribution in [-0.4, -0.2) is 31.1 Å². The van der Waals surface area contributed by atoms with Gasteiger partial charge in [-0.25, -0.2) is 4.79 Å². The molecule has 0 unspecified atom stereocenters. The second-order valence-corrected chi connectivity index (χ2v) is 6.65. The third kappa shape index (κ3) is 5.55. The van der Waals surface area contributed by atoms with Gasteiger partial charge in [0.15, 0.2) is 13.2 Å². The number of ether oxygens (including phenoxy) is 2. The molecule has 1 aliphatic carbocycles. The minimum atomic E-state index is -0.539. The summed E-state index contributed by atoms with van der Waals surface area (Å²) in [5.74, 6) is 0.357. The molecule has 0 bridgehead atoms. The highest BCUT2D eigenvalue weighted by Gasteiger charge is 2.23. The molecule has 1 N–H and O–H groups in total. The van der Waals surface area contributed by atoms with Crippen molar-refractivity contribution in [2.75, 3.05) is 13.2 Å². The Balaban J connectivity index is 1.70. The van der Waals surface area contributed by atoms with Crippen molar-refractivity contribution in [3.63, 3.8) is 0 Å². The number of aryl methyl sites for hydroxylation is 2. The summed E-state index contributed by atoms with van der Waals surface area (Å²) in [6, 6.07) is 5.99. The Morgan fingerprint density at radius 3 is 2.67 bits per heavy atom. The lowest BCUT2D eigenvalue weighted by Gasteiger charge is -2.29. The maximum Gasteiger partial charge on any atom is 0.344 e. The molecule has 0 aromatic heterocycles. The first-order valence-corrected chi connectivity index (χ1v) is 8.60. The van der Waals surface area contributed by atoms with Gasteiger partial charge in [-0.15, -0.1) is 0 Å². The SMILES string of the molecule is Cc1ccc(C)c(OCC(=O)OCC(=O)N[C@@H]2CCCC[C@H]2C)c1. The zero-order valence-corrected chi connectivity index (χ0v) is 14.8. The smallest absolute Gasteiger partial charge is 0.344 e. The highest BCUT2D eigenvalue weighted by atomic mass is 16.6. The Kier molecular flexibility index (Phi) is 6.64. The molecule has 1 aliphatic rings. The van der Waals surface area contributed by atoms with Crippen molar-refractivity contribution in [1.82, 2.24) is 5.32 Å². The summed E-state index contributed by atoms with van der Waals surface area (Å²) < 4.78 is 10.5. The lowest BCUT2D eigenvalue weighted by Crippen LogP contribution is -2.43. The van der Waals surface area contributed by atoms with Crippen LogP contribution < -0.4 is 10.1 Å². The standard InChI is InChI=1S/C19H27NO4/c1-13-8-9-15(3)17(10-13)23-12-19(22)24-11-18(21)20-16-7-5-4-6-14(16)2/h8-10,14,16H,4-7,11-12H2,1-3H3,(H,20,21)/t14-,16-/m1/s1. The van der Waals surface area contributed by atoms with E-state index in [1.807, 2.05) is 32.0 Å². The predicted octanol–water partition coefficient (Wildman–Crippen LogP) is 2.92. The number of hydrogen-bond acceptors (Lipinski definition) is 4. The Labute approximate surface area is 143 Å². The highest BCUT2D eigenvalue weighted by molar-refractivity contribution is 5.81. The van der Waals surface area contributed by atoms with Crippen LogP contribution in [0, 0.1) is 19.8 Å². The largest absolute Gasteiger partial charge is 0.482 e. The molecule has 0 saturated heterocycles. The number of carbonyl (C=O) groups excluding carboxylic acids is 2. The Morgan fingerprint density at radius 2 is 1.92 bits per heavy atom. The van der Waals surface area contributed by atoms with Gasteiger partial charge < -0.3 is 14.8 Å². The fraction of sp³-hybridized carbons (Fsp3) is 0.579. The Bertz CT molecular complexity index is 585. The van der Waals surface area contributed by atoms with Gasteiger partial charge in [0.25, 0.3) is 5.91 Å². The van der Waals surface area contributed by atoms with Crippen molar-refractivity contribution >= 4 is 11.9 Å². The molecule has 132 valence electrons. The number of benzene rings is 1. The van der Waals surface area contributed by atoms with Gasteiger partial charge in [-0.1, -0.05) is 31.9 Å². The van der Waals surface area contributed by atoms with E-state index in [-0.39, 0.29) is 25.2 Å². The molecule has 2 rings (SSSR count). The fourth-order valence-electron chi connectivity index (χ4n) is 2.97. The van der Waals surface area contributed by atoms with Crippen LogP contribution in [-0.2, 0) is 14.3 Å².